The fourth-order valence-corrected chi connectivity index (χ4v) is 5.73. The molecule has 31 heavy (non-hydrogen) atoms. The molecule has 0 saturated heterocycles. The molecule has 162 valence electrons. The standard InChI is InChI=1S/C24H26N2O3S2/c1-3-5-9-19-12-13-21-22(17-19)30-24(26(21)15-4-2)25-23(27)14-16-31(28,29)18-20-10-7-6-8-11-20/h2,6-8,10-13,17H,3,5,9,14-16,18H2,1H3. The summed E-state index contributed by atoms with van der Waals surface area (Å²) in [5.74, 6) is 1.84. The van der Waals surface area contributed by atoms with Gasteiger partial charge in [0.1, 0.15) is 0 Å². The van der Waals surface area contributed by atoms with Crippen LogP contribution in [0, 0.1) is 12.3 Å². The van der Waals surface area contributed by atoms with E-state index in [1.807, 2.05) is 16.7 Å². The minimum absolute atomic E-state index is 0.0817. The second kappa shape index (κ2) is 10.6. The number of terminal acetylenes is 1. The number of hydrogen-bond acceptors (Lipinski definition) is 4. The quantitative estimate of drug-likeness (QED) is 0.457. The van der Waals surface area contributed by atoms with Gasteiger partial charge in [-0.15, -0.1) is 6.42 Å². The number of aromatic nitrogens is 1. The van der Waals surface area contributed by atoms with Crippen LogP contribution in [-0.4, -0.2) is 24.6 Å². The number of thiazole rings is 1. The average molecular weight is 455 g/mol. The number of aryl methyl sites for hydroxylation is 1. The minimum atomic E-state index is -3.40. The first kappa shape index (κ1) is 23.0. The van der Waals surface area contributed by atoms with Gasteiger partial charge in [0, 0.05) is 6.42 Å². The predicted molar refractivity (Wildman–Crippen MR) is 126 cm³/mol. The second-order valence-corrected chi connectivity index (χ2v) is 10.6. The molecule has 2 aromatic carbocycles. The summed E-state index contributed by atoms with van der Waals surface area (Å²) in [6, 6.07) is 15.2. The molecule has 0 radical (unpaired) electrons. The Morgan fingerprint density at radius 1 is 1.16 bits per heavy atom. The van der Waals surface area contributed by atoms with Crippen molar-refractivity contribution >= 4 is 37.3 Å². The van der Waals surface area contributed by atoms with Crippen LogP contribution in [-0.2, 0) is 33.4 Å². The van der Waals surface area contributed by atoms with Crippen molar-refractivity contribution in [3.05, 3.63) is 64.5 Å². The Bertz CT molecular complexity index is 1260. The molecule has 0 N–H and O–H groups in total. The number of nitrogens with zero attached hydrogens (tertiary/aromatic N) is 2. The van der Waals surface area contributed by atoms with Gasteiger partial charge < -0.3 is 4.57 Å². The average Bonchev–Trinajstić information content (AvgIpc) is 3.08. The zero-order valence-electron chi connectivity index (χ0n) is 17.6. The molecule has 0 aliphatic carbocycles. The molecular weight excluding hydrogens is 428 g/mol. The highest BCUT2D eigenvalue weighted by atomic mass is 32.2. The Kier molecular flexibility index (Phi) is 7.83. The fraction of sp³-hybridized carbons (Fsp3) is 0.333. The Hall–Kier alpha value is -2.69. The number of fused-ring (bicyclic) bond motifs is 1. The van der Waals surface area contributed by atoms with Crippen LogP contribution in [0.4, 0.5) is 0 Å². The van der Waals surface area contributed by atoms with Crippen LogP contribution in [0.15, 0.2) is 53.5 Å². The monoisotopic (exact) mass is 454 g/mol. The van der Waals surface area contributed by atoms with Crippen LogP contribution < -0.4 is 4.80 Å². The van der Waals surface area contributed by atoms with E-state index in [1.165, 1.54) is 16.9 Å². The largest absolute Gasteiger partial charge is 0.305 e. The van der Waals surface area contributed by atoms with Gasteiger partial charge in [-0.1, -0.05) is 67.0 Å². The highest BCUT2D eigenvalue weighted by Crippen LogP contribution is 2.20. The van der Waals surface area contributed by atoms with Crippen molar-refractivity contribution < 1.29 is 13.2 Å². The van der Waals surface area contributed by atoms with E-state index in [0.29, 0.717) is 16.9 Å². The van der Waals surface area contributed by atoms with E-state index in [0.717, 1.165) is 29.5 Å². The molecule has 1 heterocycles. The zero-order chi connectivity index (χ0) is 22.3. The minimum Gasteiger partial charge on any atom is -0.305 e. The maximum absolute atomic E-state index is 12.5. The molecule has 5 nitrogen and oxygen atoms in total. The zero-order valence-corrected chi connectivity index (χ0v) is 19.2. The first-order valence-electron chi connectivity index (χ1n) is 10.3. The highest BCUT2D eigenvalue weighted by Gasteiger charge is 2.15. The summed E-state index contributed by atoms with van der Waals surface area (Å²) in [5, 5.41) is 0. The lowest BCUT2D eigenvalue weighted by atomic mass is 10.1. The van der Waals surface area contributed by atoms with Gasteiger partial charge in [0.05, 0.1) is 28.3 Å². The number of carbonyl (C=O) groups excluding carboxylic acids is 1. The number of sulfone groups is 1. The lowest BCUT2D eigenvalue weighted by molar-refractivity contribution is -0.117. The van der Waals surface area contributed by atoms with E-state index >= 15 is 0 Å². The smallest absolute Gasteiger partial charge is 0.249 e. The number of benzene rings is 2. The van der Waals surface area contributed by atoms with E-state index in [4.69, 9.17) is 6.42 Å². The number of hydrogen-bond donors (Lipinski definition) is 0. The van der Waals surface area contributed by atoms with Crippen molar-refractivity contribution in [3.8, 4) is 12.3 Å². The summed E-state index contributed by atoms with van der Waals surface area (Å²) in [6.45, 7) is 2.46. The molecule has 0 fully saturated rings. The number of amides is 1. The van der Waals surface area contributed by atoms with Crippen LogP contribution in [0.5, 0.6) is 0 Å². The van der Waals surface area contributed by atoms with Gasteiger partial charge in [-0.25, -0.2) is 8.42 Å². The summed E-state index contributed by atoms with van der Waals surface area (Å²) < 4.78 is 27.6. The van der Waals surface area contributed by atoms with Crippen LogP contribution in [0.3, 0.4) is 0 Å². The molecule has 0 aliphatic heterocycles. The second-order valence-electron chi connectivity index (χ2n) is 7.41. The molecule has 3 rings (SSSR count). The summed E-state index contributed by atoms with van der Waals surface area (Å²) >= 11 is 1.41. The third-order valence-corrected chi connectivity index (χ3v) is 7.53. The first-order valence-corrected chi connectivity index (χ1v) is 12.9. The number of rotatable bonds is 9. The number of carbonyl (C=O) groups is 1. The Balaban J connectivity index is 1.79. The lowest BCUT2D eigenvalue weighted by Gasteiger charge is -2.03. The summed E-state index contributed by atoms with van der Waals surface area (Å²) in [7, 11) is -3.40. The van der Waals surface area contributed by atoms with Gasteiger partial charge >= 0.3 is 0 Å². The van der Waals surface area contributed by atoms with Gasteiger partial charge in [0.15, 0.2) is 14.6 Å². The topological polar surface area (TPSA) is 68.5 Å². The maximum atomic E-state index is 12.5. The number of unbranched alkanes of at least 4 members (excludes halogenated alkanes) is 1. The predicted octanol–water partition coefficient (Wildman–Crippen LogP) is 4.11. The fourth-order valence-electron chi connectivity index (χ4n) is 3.29. The first-order chi connectivity index (χ1) is 14.9. The molecule has 7 heteroatoms. The summed E-state index contributed by atoms with van der Waals surface area (Å²) in [6.07, 6.45) is 8.62. The van der Waals surface area contributed by atoms with E-state index < -0.39 is 15.7 Å². The Morgan fingerprint density at radius 3 is 2.65 bits per heavy atom. The van der Waals surface area contributed by atoms with E-state index in [9.17, 15) is 13.2 Å². The van der Waals surface area contributed by atoms with Crippen molar-refractivity contribution in [1.29, 1.82) is 0 Å². The van der Waals surface area contributed by atoms with Crippen molar-refractivity contribution in [1.82, 2.24) is 4.57 Å². The van der Waals surface area contributed by atoms with E-state index in [1.54, 1.807) is 24.3 Å². The molecular formula is C24H26N2O3S2. The van der Waals surface area contributed by atoms with Crippen molar-refractivity contribution in [2.24, 2.45) is 4.99 Å². The van der Waals surface area contributed by atoms with E-state index in [-0.39, 0.29) is 17.9 Å². The normalized spacial score (nSPS) is 12.2. The molecule has 0 aliphatic rings. The molecule has 0 saturated carbocycles. The molecule has 0 bridgehead atoms. The molecule has 1 amide bonds. The van der Waals surface area contributed by atoms with Gasteiger partial charge in [-0.05, 0) is 36.1 Å². The molecule has 0 atom stereocenters. The van der Waals surface area contributed by atoms with Crippen molar-refractivity contribution in [2.75, 3.05) is 5.75 Å². The van der Waals surface area contributed by atoms with Gasteiger partial charge in [-0.2, -0.15) is 4.99 Å². The van der Waals surface area contributed by atoms with E-state index in [2.05, 4.69) is 30.0 Å². The van der Waals surface area contributed by atoms with Gasteiger partial charge in [0.2, 0.25) is 5.91 Å². The third kappa shape index (κ3) is 6.39. The van der Waals surface area contributed by atoms with Crippen LogP contribution in [0.1, 0.15) is 37.3 Å². The molecule has 0 unspecified atom stereocenters. The summed E-state index contributed by atoms with van der Waals surface area (Å²) in [5.41, 5.74) is 2.89. The Morgan fingerprint density at radius 2 is 1.94 bits per heavy atom. The molecule has 3 aromatic rings. The highest BCUT2D eigenvalue weighted by molar-refractivity contribution is 7.90. The van der Waals surface area contributed by atoms with Crippen LogP contribution in [0.2, 0.25) is 0 Å². The van der Waals surface area contributed by atoms with Crippen molar-refractivity contribution in [3.63, 3.8) is 0 Å². The van der Waals surface area contributed by atoms with Crippen LogP contribution in [0.25, 0.3) is 10.2 Å². The van der Waals surface area contributed by atoms with Crippen LogP contribution >= 0.6 is 11.3 Å². The summed E-state index contributed by atoms with van der Waals surface area (Å²) in [4.78, 5) is 17.2. The SMILES string of the molecule is C#CCn1c(=NC(=O)CCS(=O)(=O)Cc2ccccc2)sc2cc(CCCC)ccc21. The molecule has 0 spiro atoms. The third-order valence-electron chi connectivity index (χ3n) is 4.89. The molecule has 1 aromatic heterocycles. The van der Waals surface area contributed by atoms with Crippen molar-refractivity contribution in [2.45, 2.75) is 44.9 Å². The van der Waals surface area contributed by atoms with Gasteiger partial charge in [0.25, 0.3) is 0 Å². The Labute approximate surface area is 187 Å². The van der Waals surface area contributed by atoms with Gasteiger partial charge in [-0.3, -0.25) is 4.79 Å². The lowest BCUT2D eigenvalue weighted by Crippen LogP contribution is -2.18. The maximum Gasteiger partial charge on any atom is 0.249 e.